The fourth-order valence-electron chi connectivity index (χ4n) is 1.48. The molecule has 15 heavy (non-hydrogen) atoms. The van der Waals surface area contributed by atoms with Crippen molar-refractivity contribution in [1.82, 2.24) is 5.32 Å². The second kappa shape index (κ2) is 3.70. The second-order valence-corrected chi connectivity index (χ2v) is 3.22. The van der Waals surface area contributed by atoms with Gasteiger partial charge in [-0.05, 0) is 17.7 Å². The molecule has 0 spiro atoms. The molecule has 0 radical (unpaired) electrons. The Kier molecular flexibility index (Phi) is 2.39. The highest BCUT2D eigenvalue weighted by Gasteiger charge is 2.29. The lowest BCUT2D eigenvalue weighted by Crippen LogP contribution is -2.30. The van der Waals surface area contributed by atoms with Gasteiger partial charge in [0.1, 0.15) is 0 Å². The topological polar surface area (TPSA) is 69.6 Å². The number of aliphatic hydroxyl groups excluding tert-OH is 1. The van der Waals surface area contributed by atoms with Crippen LogP contribution >= 0.6 is 0 Å². The van der Waals surface area contributed by atoms with Gasteiger partial charge < -0.3 is 10.4 Å². The van der Waals surface area contributed by atoms with Gasteiger partial charge in [0.25, 0.3) is 5.91 Å². The van der Waals surface area contributed by atoms with Gasteiger partial charge in [-0.2, -0.15) is 0 Å². The number of carbonyl (C=O) groups excluding carboxylic acids is 2. The van der Waals surface area contributed by atoms with E-state index in [2.05, 4.69) is 5.32 Å². The summed E-state index contributed by atoms with van der Waals surface area (Å²) in [6, 6.07) is 6.27. The molecule has 1 fully saturated rings. The Labute approximate surface area is 86.3 Å². The Hall–Kier alpha value is -1.88. The van der Waals surface area contributed by atoms with Gasteiger partial charge in [-0.25, -0.2) is 9.69 Å². The number of hydrogen-bond donors (Lipinski definition) is 2. The number of hydrogen-bond acceptors (Lipinski definition) is 3. The molecule has 2 rings (SSSR count). The van der Waals surface area contributed by atoms with Gasteiger partial charge in [-0.3, -0.25) is 4.79 Å². The molecule has 1 saturated heterocycles. The molecule has 5 nitrogen and oxygen atoms in total. The van der Waals surface area contributed by atoms with E-state index in [9.17, 15) is 9.59 Å². The highest BCUT2D eigenvalue weighted by molar-refractivity contribution is 6.19. The molecule has 0 aliphatic carbocycles. The zero-order chi connectivity index (χ0) is 10.8. The first-order valence-electron chi connectivity index (χ1n) is 4.53. The van der Waals surface area contributed by atoms with Crippen molar-refractivity contribution >= 4 is 17.6 Å². The summed E-state index contributed by atoms with van der Waals surface area (Å²) in [5.41, 5.74) is 1.15. The number of nitrogens with zero attached hydrogens (tertiary/aromatic N) is 1. The van der Waals surface area contributed by atoms with Crippen LogP contribution in [0.25, 0.3) is 0 Å². The van der Waals surface area contributed by atoms with Crippen LogP contribution in [0.3, 0.4) is 0 Å². The second-order valence-electron chi connectivity index (χ2n) is 3.22. The smallest absolute Gasteiger partial charge is 0.329 e. The number of imide groups is 1. The third kappa shape index (κ3) is 1.69. The molecule has 0 aromatic heterocycles. The summed E-state index contributed by atoms with van der Waals surface area (Å²) in [7, 11) is 0. The van der Waals surface area contributed by atoms with Crippen LogP contribution in [0, 0.1) is 0 Å². The van der Waals surface area contributed by atoms with Gasteiger partial charge in [0.15, 0.2) is 0 Å². The summed E-state index contributed by atoms with van der Waals surface area (Å²) in [6.45, 7) is -0.0837. The van der Waals surface area contributed by atoms with Gasteiger partial charge in [-0.15, -0.1) is 0 Å². The van der Waals surface area contributed by atoms with Crippen LogP contribution in [0.5, 0.6) is 0 Å². The summed E-state index contributed by atoms with van der Waals surface area (Å²) in [5, 5.41) is 11.4. The van der Waals surface area contributed by atoms with E-state index in [-0.39, 0.29) is 19.1 Å². The molecule has 3 amide bonds. The summed E-state index contributed by atoms with van der Waals surface area (Å²) in [6.07, 6.45) is 0. The molecular weight excluding hydrogens is 196 g/mol. The van der Waals surface area contributed by atoms with Gasteiger partial charge in [-0.1, -0.05) is 12.1 Å². The average Bonchev–Trinajstić information content (AvgIpc) is 2.59. The molecule has 0 bridgehead atoms. The Morgan fingerprint density at radius 2 is 2.20 bits per heavy atom. The Morgan fingerprint density at radius 1 is 1.40 bits per heavy atom. The van der Waals surface area contributed by atoms with Crippen molar-refractivity contribution in [3.8, 4) is 0 Å². The maximum absolute atomic E-state index is 11.4. The van der Waals surface area contributed by atoms with E-state index in [4.69, 9.17) is 5.11 Å². The normalized spacial score (nSPS) is 15.7. The fraction of sp³-hybridized carbons (Fsp3) is 0.200. The number of benzene rings is 1. The lowest BCUT2D eigenvalue weighted by Gasteiger charge is -2.12. The molecule has 1 aromatic carbocycles. The van der Waals surface area contributed by atoms with Crippen LogP contribution in [-0.2, 0) is 11.4 Å². The molecule has 0 saturated carbocycles. The van der Waals surface area contributed by atoms with Crippen molar-refractivity contribution in [3.63, 3.8) is 0 Å². The first-order valence-corrected chi connectivity index (χ1v) is 4.53. The van der Waals surface area contributed by atoms with Crippen molar-refractivity contribution in [2.45, 2.75) is 6.61 Å². The standard InChI is InChI=1S/C10H10N2O3/c13-6-7-2-1-3-8(4-7)12-9(14)5-11-10(12)15/h1-4,13H,5-6H2,(H,11,15). The van der Waals surface area contributed by atoms with E-state index < -0.39 is 6.03 Å². The number of aliphatic hydroxyl groups is 1. The minimum atomic E-state index is -0.421. The average molecular weight is 206 g/mol. The zero-order valence-electron chi connectivity index (χ0n) is 7.93. The van der Waals surface area contributed by atoms with Crippen LogP contribution in [0.1, 0.15) is 5.56 Å². The lowest BCUT2D eigenvalue weighted by molar-refractivity contribution is -0.115. The minimum absolute atomic E-state index is 0.0299. The highest BCUT2D eigenvalue weighted by Crippen LogP contribution is 2.18. The fourth-order valence-corrected chi connectivity index (χ4v) is 1.48. The number of urea groups is 1. The third-order valence-corrected chi connectivity index (χ3v) is 2.19. The molecule has 5 heteroatoms. The Bertz CT molecular complexity index is 401. The van der Waals surface area contributed by atoms with Crippen molar-refractivity contribution in [1.29, 1.82) is 0 Å². The third-order valence-electron chi connectivity index (χ3n) is 2.19. The van der Waals surface area contributed by atoms with Gasteiger partial charge in [0, 0.05) is 0 Å². The van der Waals surface area contributed by atoms with Crippen molar-refractivity contribution < 1.29 is 14.7 Å². The Balaban J connectivity index is 2.36. The molecule has 78 valence electrons. The summed E-state index contributed by atoms with van der Waals surface area (Å²) in [5.74, 6) is -0.282. The van der Waals surface area contributed by atoms with Crippen molar-refractivity contribution in [3.05, 3.63) is 29.8 Å². The maximum atomic E-state index is 11.4. The largest absolute Gasteiger partial charge is 0.392 e. The van der Waals surface area contributed by atoms with Crippen LogP contribution in [0.2, 0.25) is 0 Å². The highest BCUT2D eigenvalue weighted by atomic mass is 16.3. The SMILES string of the molecule is O=C1CNC(=O)N1c1cccc(CO)c1. The van der Waals surface area contributed by atoms with Crippen LogP contribution in [0.15, 0.2) is 24.3 Å². The van der Waals surface area contributed by atoms with Crippen LogP contribution < -0.4 is 10.2 Å². The number of nitrogens with one attached hydrogen (secondary N) is 1. The van der Waals surface area contributed by atoms with Gasteiger partial charge in [0.05, 0.1) is 18.8 Å². The molecule has 1 aliphatic rings. The lowest BCUT2D eigenvalue weighted by atomic mass is 10.2. The van der Waals surface area contributed by atoms with E-state index in [1.54, 1.807) is 24.3 Å². The van der Waals surface area contributed by atoms with Crippen LogP contribution in [0.4, 0.5) is 10.5 Å². The molecule has 1 aliphatic heterocycles. The minimum Gasteiger partial charge on any atom is -0.392 e. The number of rotatable bonds is 2. The molecule has 0 unspecified atom stereocenters. The number of amides is 3. The quantitative estimate of drug-likeness (QED) is 0.681. The number of anilines is 1. The predicted octanol–water partition coefficient (Wildman–Crippen LogP) is 0.235. The van der Waals surface area contributed by atoms with E-state index in [1.165, 1.54) is 0 Å². The van der Waals surface area contributed by atoms with E-state index >= 15 is 0 Å². The maximum Gasteiger partial charge on any atom is 0.329 e. The van der Waals surface area contributed by atoms with Crippen LogP contribution in [-0.4, -0.2) is 23.6 Å². The summed E-state index contributed by atoms with van der Waals surface area (Å²) in [4.78, 5) is 23.7. The number of carbonyl (C=O) groups is 2. The monoisotopic (exact) mass is 206 g/mol. The zero-order valence-corrected chi connectivity index (χ0v) is 7.93. The van der Waals surface area contributed by atoms with Gasteiger partial charge >= 0.3 is 6.03 Å². The molecule has 2 N–H and O–H groups in total. The summed E-state index contributed by atoms with van der Waals surface area (Å²) >= 11 is 0. The molecule has 1 aromatic rings. The van der Waals surface area contributed by atoms with E-state index in [0.29, 0.717) is 11.3 Å². The first-order chi connectivity index (χ1) is 7.22. The molecule has 0 atom stereocenters. The van der Waals surface area contributed by atoms with E-state index in [1.807, 2.05) is 0 Å². The predicted molar refractivity (Wildman–Crippen MR) is 53.2 cm³/mol. The van der Waals surface area contributed by atoms with Crippen molar-refractivity contribution in [2.24, 2.45) is 0 Å². The molecule has 1 heterocycles. The Morgan fingerprint density at radius 3 is 2.80 bits per heavy atom. The molecular formula is C10H10N2O3. The van der Waals surface area contributed by atoms with Crippen molar-refractivity contribution in [2.75, 3.05) is 11.4 Å². The summed E-state index contributed by atoms with van der Waals surface area (Å²) < 4.78 is 0. The van der Waals surface area contributed by atoms with Gasteiger partial charge in [0.2, 0.25) is 0 Å². The first kappa shape index (κ1) is 9.67. The van der Waals surface area contributed by atoms with E-state index in [0.717, 1.165) is 4.90 Å².